The second-order valence-electron chi connectivity index (χ2n) is 6.52. The zero-order valence-corrected chi connectivity index (χ0v) is 12.2. The molecule has 0 aromatic heterocycles. The van der Waals surface area contributed by atoms with Crippen molar-refractivity contribution in [2.75, 3.05) is 19.6 Å². The zero-order valence-electron chi connectivity index (χ0n) is 12.2. The molecule has 1 aliphatic rings. The average molecular weight is 238 g/mol. The fourth-order valence-corrected chi connectivity index (χ4v) is 2.34. The van der Waals surface area contributed by atoms with Gasteiger partial charge in [0.15, 0.2) is 0 Å². The SMILES string of the molecule is C=C(C)CCN1CCCCC1CNC(C)(C)C. The van der Waals surface area contributed by atoms with E-state index in [1.54, 1.807) is 0 Å². The van der Waals surface area contributed by atoms with E-state index in [1.165, 1.54) is 37.9 Å². The quantitative estimate of drug-likeness (QED) is 0.740. The number of hydrogen-bond acceptors (Lipinski definition) is 2. The van der Waals surface area contributed by atoms with Crippen LogP contribution in [0.4, 0.5) is 0 Å². The molecule has 1 heterocycles. The fraction of sp³-hybridized carbons (Fsp3) is 0.867. The molecule has 1 unspecified atom stereocenters. The zero-order chi connectivity index (χ0) is 12.9. The molecule has 0 aromatic rings. The lowest BCUT2D eigenvalue weighted by molar-refractivity contribution is 0.140. The topological polar surface area (TPSA) is 15.3 Å². The van der Waals surface area contributed by atoms with Crippen LogP contribution in [0.25, 0.3) is 0 Å². The smallest absolute Gasteiger partial charge is 0.0220 e. The van der Waals surface area contributed by atoms with Crippen molar-refractivity contribution in [1.82, 2.24) is 10.2 Å². The van der Waals surface area contributed by atoms with E-state index in [0.717, 1.165) is 19.0 Å². The molecule has 0 aromatic carbocycles. The summed E-state index contributed by atoms with van der Waals surface area (Å²) in [5.74, 6) is 0. The Kier molecular flexibility index (Phi) is 5.68. The highest BCUT2D eigenvalue weighted by molar-refractivity contribution is 4.90. The predicted molar refractivity (Wildman–Crippen MR) is 76.4 cm³/mol. The van der Waals surface area contributed by atoms with Crippen LogP contribution in [0.2, 0.25) is 0 Å². The van der Waals surface area contributed by atoms with Gasteiger partial charge in [0.05, 0.1) is 0 Å². The summed E-state index contributed by atoms with van der Waals surface area (Å²) in [5, 5.41) is 3.65. The van der Waals surface area contributed by atoms with Crippen molar-refractivity contribution in [2.45, 2.75) is 65.0 Å². The van der Waals surface area contributed by atoms with Crippen molar-refractivity contribution < 1.29 is 0 Å². The Labute approximate surface area is 107 Å². The van der Waals surface area contributed by atoms with E-state index >= 15 is 0 Å². The normalized spacial score (nSPS) is 22.7. The molecule has 1 atom stereocenters. The maximum absolute atomic E-state index is 4.01. The first-order valence-electron chi connectivity index (χ1n) is 7.02. The number of piperidine rings is 1. The van der Waals surface area contributed by atoms with Crippen LogP contribution in [0.3, 0.4) is 0 Å². The van der Waals surface area contributed by atoms with E-state index in [-0.39, 0.29) is 5.54 Å². The molecule has 1 N–H and O–H groups in total. The highest BCUT2D eigenvalue weighted by Gasteiger charge is 2.23. The van der Waals surface area contributed by atoms with E-state index in [4.69, 9.17) is 0 Å². The summed E-state index contributed by atoms with van der Waals surface area (Å²) in [6.07, 6.45) is 5.24. The van der Waals surface area contributed by atoms with Crippen molar-refractivity contribution >= 4 is 0 Å². The molecular formula is C15H30N2. The van der Waals surface area contributed by atoms with Gasteiger partial charge in [-0.2, -0.15) is 0 Å². The Morgan fingerprint density at radius 3 is 2.65 bits per heavy atom. The van der Waals surface area contributed by atoms with Crippen molar-refractivity contribution in [3.63, 3.8) is 0 Å². The van der Waals surface area contributed by atoms with E-state index in [1.807, 2.05) is 0 Å². The lowest BCUT2D eigenvalue weighted by atomic mass is 10.00. The largest absolute Gasteiger partial charge is 0.311 e. The monoisotopic (exact) mass is 238 g/mol. The van der Waals surface area contributed by atoms with Crippen LogP contribution in [0.1, 0.15) is 53.4 Å². The van der Waals surface area contributed by atoms with Gasteiger partial charge in [0.2, 0.25) is 0 Å². The number of likely N-dealkylation sites (tertiary alicyclic amines) is 1. The summed E-state index contributed by atoms with van der Waals surface area (Å²) < 4.78 is 0. The first kappa shape index (κ1) is 14.7. The predicted octanol–water partition coefficient (Wildman–Crippen LogP) is 3.20. The average Bonchev–Trinajstić information content (AvgIpc) is 2.23. The van der Waals surface area contributed by atoms with Crippen molar-refractivity contribution in [1.29, 1.82) is 0 Å². The van der Waals surface area contributed by atoms with E-state index in [9.17, 15) is 0 Å². The molecule has 0 spiro atoms. The number of nitrogens with zero attached hydrogens (tertiary/aromatic N) is 1. The van der Waals surface area contributed by atoms with Gasteiger partial charge in [-0.3, -0.25) is 4.90 Å². The third kappa shape index (κ3) is 6.23. The minimum Gasteiger partial charge on any atom is -0.311 e. The van der Waals surface area contributed by atoms with E-state index in [2.05, 4.69) is 44.5 Å². The summed E-state index contributed by atoms with van der Waals surface area (Å²) in [4.78, 5) is 2.65. The summed E-state index contributed by atoms with van der Waals surface area (Å²) in [5.41, 5.74) is 1.54. The molecule has 0 saturated carbocycles. The van der Waals surface area contributed by atoms with E-state index < -0.39 is 0 Å². The van der Waals surface area contributed by atoms with Crippen LogP contribution >= 0.6 is 0 Å². The lowest BCUT2D eigenvalue weighted by Crippen LogP contribution is -2.49. The van der Waals surface area contributed by atoms with Gasteiger partial charge < -0.3 is 5.32 Å². The minimum absolute atomic E-state index is 0.234. The van der Waals surface area contributed by atoms with Gasteiger partial charge in [-0.25, -0.2) is 0 Å². The van der Waals surface area contributed by atoms with Gasteiger partial charge in [0, 0.05) is 24.7 Å². The lowest BCUT2D eigenvalue weighted by Gasteiger charge is -2.37. The molecule has 2 nitrogen and oxygen atoms in total. The second-order valence-corrected chi connectivity index (χ2v) is 6.52. The van der Waals surface area contributed by atoms with Gasteiger partial charge in [-0.05, 0) is 53.5 Å². The Balaban J connectivity index is 2.39. The van der Waals surface area contributed by atoms with Crippen LogP contribution in [0.15, 0.2) is 12.2 Å². The molecule has 1 fully saturated rings. The summed E-state index contributed by atoms with van der Waals surface area (Å²) in [6, 6.07) is 0.724. The third-order valence-corrected chi connectivity index (χ3v) is 3.44. The molecule has 1 rings (SSSR count). The van der Waals surface area contributed by atoms with Crippen LogP contribution < -0.4 is 5.32 Å². The molecule has 100 valence electrons. The molecule has 0 radical (unpaired) electrons. The molecular weight excluding hydrogens is 208 g/mol. The van der Waals surface area contributed by atoms with Crippen LogP contribution in [0.5, 0.6) is 0 Å². The van der Waals surface area contributed by atoms with Crippen LogP contribution in [-0.4, -0.2) is 36.1 Å². The first-order chi connectivity index (χ1) is 7.88. The van der Waals surface area contributed by atoms with E-state index in [0.29, 0.717) is 0 Å². The van der Waals surface area contributed by atoms with Gasteiger partial charge in [0.25, 0.3) is 0 Å². The fourth-order valence-electron chi connectivity index (χ4n) is 2.34. The Hall–Kier alpha value is -0.340. The molecule has 0 amide bonds. The Morgan fingerprint density at radius 1 is 1.35 bits per heavy atom. The van der Waals surface area contributed by atoms with Gasteiger partial charge in [-0.15, -0.1) is 6.58 Å². The van der Waals surface area contributed by atoms with Crippen molar-refractivity contribution in [3.8, 4) is 0 Å². The first-order valence-corrected chi connectivity index (χ1v) is 7.02. The molecule has 2 heteroatoms. The minimum atomic E-state index is 0.234. The summed E-state index contributed by atoms with van der Waals surface area (Å²) in [7, 11) is 0. The third-order valence-electron chi connectivity index (χ3n) is 3.44. The molecule has 17 heavy (non-hydrogen) atoms. The van der Waals surface area contributed by atoms with Gasteiger partial charge >= 0.3 is 0 Å². The molecule has 0 aliphatic carbocycles. The maximum atomic E-state index is 4.01. The molecule has 0 bridgehead atoms. The molecule has 1 saturated heterocycles. The second kappa shape index (κ2) is 6.55. The maximum Gasteiger partial charge on any atom is 0.0220 e. The van der Waals surface area contributed by atoms with Crippen molar-refractivity contribution in [3.05, 3.63) is 12.2 Å². The number of hydrogen-bond donors (Lipinski definition) is 1. The highest BCUT2D eigenvalue weighted by Crippen LogP contribution is 2.18. The standard InChI is InChI=1S/C15H30N2/c1-13(2)9-11-17-10-7-6-8-14(17)12-16-15(3,4)5/h14,16H,1,6-12H2,2-5H3. The van der Waals surface area contributed by atoms with Crippen LogP contribution in [0, 0.1) is 0 Å². The highest BCUT2D eigenvalue weighted by atomic mass is 15.2. The number of rotatable bonds is 5. The summed E-state index contributed by atoms with van der Waals surface area (Å²) >= 11 is 0. The number of nitrogens with one attached hydrogen (secondary N) is 1. The van der Waals surface area contributed by atoms with Gasteiger partial charge in [0.1, 0.15) is 0 Å². The van der Waals surface area contributed by atoms with Crippen molar-refractivity contribution in [2.24, 2.45) is 0 Å². The molecule has 1 aliphatic heterocycles. The Morgan fingerprint density at radius 2 is 2.06 bits per heavy atom. The van der Waals surface area contributed by atoms with Gasteiger partial charge in [-0.1, -0.05) is 12.0 Å². The summed E-state index contributed by atoms with van der Waals surface area (Å²) in [6.45, 7) is 16.4. The Bertz CT molecular complexity index is 240. The van der Waals surface area contributed by atoms with Crippen LogP contribution in [-0.2, 0) is 0 Å².